The van der Waals surface area contributed by atoms with Crippen molar-refractivity contribution in [2.24, 2.45) is 0 Å². The maximum atomic E-state index is 11.9. The molecular weight excluding hydrogens is 174 g/mol. The SMILES string of the molecule is [2H]c1c(C([2H])([2H])[2H])cn(-c2ccccc2)c(=O)c1[2H]. The Kier molecular flexibility index (Phi) is 1.15. The summed E-state index contributed by atoms with van der Waals surface area (Å²) in [6, 6.07) is 7.28. The lowest BCUT2D eigenvalue weighted by Gasteiger charge is -2.05. The molecule has 1 heterocycles. The minimum atomic E-state index is -2.53. The van der Waals surface area contributed by atoms with Crippen LogP contribution in [0.5, 0.6) is 0 Å². The molecule has 0 N–H and O–H groups in total. The number of pyridine rings is 1. The van der Waals surface area contributed by atoms with Crippen LogP contribution < -0.4 is 5.56 Å². The molecule has 0 aliphatic rings. The lowest BCUT2D eigenvalue weighted by molar-refractivity contribution is 0.976. The van der Waals surface area contributed by atoms with Gasteiger partial charge in [0.2, 0.25) is 0 Å². The molecule has 0 saturated carbocycles. The molecule has 2 heteroatoms. The highest BCUT2D eigenvalue weighted by molar-refractivity contribution is 5.32. The number of nitrogens with zero attached hydrogens (tertiary/aromatic N) is 1. The van der Waals surface area contributed by atoms with Crippen molar-refractivity contribution in [1.29, 1.82) is 0 Å². The zero-order valence-electron chi connectivity index (χ0n) is 12.3. The van der Waals surface area contributed by atoms with E-state index in [9.17, 15) is 4.79 Å². The number of aromatic nitrogens is 1. The van der Waals surface area contributed by atoms with E-state index in [2.05, 4.69) is 0 Å². The molecule has 0 unspecified atom stereocenters. The van der Waals surface area contributed by atoms with Crippen molar-refractivity contribution in [2.75, 3.05) is 0 Å². The van der Waals surface area contributed by atoms with E-state index >= 15 is 0 Å². The van der Waals surface area contributed by atoms with Crippen LogP contribution in [0.2, 0.25) is 0 Å². The Labute approximate surface area is 89.5 Å². The van der Waals surface area contributed by atoms with Crippen molar-refractivity contribution in [3.05, 3.63) is 64.5 Å². The second-order valence-electron chi connectivity index (χ2n) is 2.80. The number of hydrogen-bond acceptors (Lipinski definition) is 1. The Morgan fingerprint density at radius 2 is 2.07 bits per heavy atom. The third kappa shape index (κ3) is 1.59. The van der Waals surface area contributed by atoms with Crippen LogP contribution in [-0.4, -0.2) is 4.57 Å². The molecule has 0 aliphatic carbocycles. The maximum absolute atomic E-state index is 11.9. The monoisotopic (exact) mass is 190 g/mol. The fourth-order valence-electron chi connectivity index (χ4n) is 1.18. The third-order valence-electron chi connectivity index (χ3n) is 1.82. The highest BCUT2D eigenvalue weighted by Gasteiger charge is 1.97. The highest BCUT2D eigenvalue weighted by Crippen LogP contribution is 2.04. The molecule has 2 aromatic rings. The topological polar surface area (TPSA) is 22.0 Å². The summed E-state index contributed by atoms with van der Waals surface area (Å²) in [5, 5.41) is 0. The van der Waals surface area contributed by atoms with E-state index in [1.54, 1.807) is 30.3 Å². The van der Waals surface area contributed by atoms with Gasteiger partial charge in [0, 0.05) is 22.0 Å². The standard InChI is InChI=1S/C12H11NO/c1-10-7-8-12(14)13(9-10)11-5-3-2-4-6-11/h2-9H,1H3/i1D3,7D,8D. The van der Waals surface area contributed by atoms with Crippen molar-refractivity contribution in [3.63, 3.8) is 0 Å². The third-order valence-corrected chi connectivity index (χ3v) is 1.82. The summed E-state index contributed by atoms with van der Waals surface area (Å²) in [7, 11) is 0. The van der Waals surface area contributed by atoms with Crippen LogP contribution in [0.3, 0.4) is 0 Å². The normalized spacial score (nSPS) is 16.1. The van der Waals surface area contributed by atoms with Gasteiger partial charge in [0.05, 0.1) is 2.74 Å². The van der Waals surface area contributed by atoms with Crippen LogP contribution in [0.1, 0.15) is 12.4 Å². The van der Waals surface area contributed by atoms with E-state index in [4.69, 9.17) is 6.85 Å². The lowest BCUT2D eigenvalue weighted by Crippen LogP contribution is -2.16. The minimum Gasteiger partial charge on any atom is -0.284 e. The average molecular weight is 190 g/mol. The molecule has 0 fully saturated rings. The zero-order chi connectivity index (χ0) is 14.2. The molecule has 1 aromatic heterocycles. The van der Waals surface area contributed by atoms with Crippen molar-refractivity contribution < 1.29 is 6.85 Å². The van der Waals surface area contributed by atoms with Crippen molar-refractivity contribution in [1.82, 2.24) is 4.57 Å². The Morgan fingerprint density at radius 3 is 2.79 bits per heavy atom. The largest absolute Gasteiger partial charge is 0.284 e. The summed E-state index contributed by atoms with van der Waals surface area (Å²) in [4.78, 5) is 11.9. The number of benzene rings is 1. The summed E-state index contributed by atoms with van der Waals surface area (Å²) >= 11 is 0. The first-order valence-corrected chi connectivity index (χ1v) is 4.11. The van der Waals surface area contributed by atoms with Crippen LogP contribution in [0.15, 0.2) is 53.4 Å². The fourth-order valence-corrected chi connectivity index (χ4v) is 1.18. The van der Waals surface area contributed by atoms with E-state index in [1.807, 2.05) is 0 Å². The van der Waals surface area contributed by atoms with Gasteiger partial charge in [-0.3, -0.25) is 9.36 Å². The van der Waals surface area contributed by atoms with Gasteiger partial charge in [-0.25, -0.2) is 0 Å². The second kappa shape index (κ2) is 3.50. The summed E-state index contributed by atoms with van der Waals surface area (Å²) in [5.41, 5.74) is -0.545. The smallest absolute Gasteiger partial charge is 0.255 e. The van der Waals surface area contributed by atoms with Crippen LogP contribution in [0.25, 0.3) is 5.69 Å². The summed E-state index contributed by atoms with van der Waals surface area (Å²) in [5.74, 6) is 0. The van der Waals surface area contributed by atoms with Gasteiger partial charge in [-0.1, -0.05) is 24.2 Å². The number of hydrogen-bond donors (Lipinski definition) is 0. The molecule has 0 aliphatic heterocycles. The Balaban J connectivity index is 2.77. The summed E-state index contributed by atoms with van der Waals surface area (Å²) < 4.78 is 38.3. The molecule has 0 amide bonds. The van der Waals surface area contributed by atoms with Gasteiger partial charge in [-0.05, 0) is 24.5 Å². The van der Waals surface area contributed by atoms with Crippen LogP contribution >= 0.6 is 0 Å². The highest BCUT2D eigenvalue weighted by atomic mass is 16.1. The van der Waals surface area contributed by atoms with Crippen LogP contribution in [0, 0.1) is 6.85 Å². The van der Waals surface area contributed by atoms with E-state index < -0.39 is 24.5 Å². The van der Waals surface area contributed by atoms with Gasteiger partial charge >= 0.3 is 0 Å². The van der Waals surface area contributed by atoms with Crippen molar-refractivity contribution in [3.8, 4) is 5.69 Å². The van der Waals surface area contributed by atoms with Crippen LogP contribution in [0.4, 0.5) is 0 Å². The van der Waals surface area contributed by atoms with Gasteiger partial charge in [0.25, 0.3) is 5.56 Å². The Bertz CT molecular complexity index is 660. The molecule has 0 bridgehead atoms. The minimum absolute atomic E-state index is 0.305. The number of aryl methyl sites for hydroxylation is 1. The first-order valence-electron chi connectivity index (χ1n) is 6.61. The second-order valence-corrected chi connectivity index (χ2v) is 2.80. The first kappa shape index (κ1) is 4.60. The van der Waals surface area contributed by atoms with Crippen LogP contribution in [-0.2, 0) is 0 Å². The predicted octanol–water partition coefficient (Wildman–Crippen LogP) is 2.15. The summed E-state index contributed by atoms with van der Waals surface area (Å²) in [6.45, 7) is -2.53. The van der Waals surface area contributed by atoms with Gasteiger partial charge in [-0.2, -0.15) is 0 Å². The molecule has 70 valence electrons. The zero-order valence-corrected chi connectivity index (χ0v) is 7.32. The van der Waals surface area contributed by atoms with Crippen molar-refractivity contribution >= 4 is 0 Å². The van der Waals surface area contributed by atoms with Crippen molar-refractivity contribution in [2.45, 2.75) is 6.85 Å². The Hall–Kier alpha value is -1.83. The van der Waals surface area contributed by atoms with Gasteiger partial charge < -0.3 is 0 Å². The Morgan fingerprint density at radius 1 is 1.29 bits per heavy atom. The van der Waals surface area contributed by atoms with E-state index in [0.29, 0.717) is 5.69 Å². The molecule has 0 saturated heterocycles. The average Bonchev–Trinajstić information content (AvgIpc) is 2.36. The fraction of sp³-hybridized carbons (Fsp3) is 0.0833. The maximum Gasteiger partial charge on any atom is 0.255 e. The molecule has 14 heavy (non-hydrogen) atoms. The molecule has 2 nitrogen and oxygen atoms in total. The van der Waals surface area contributed by atoms with Gasteiger partial charge in [0.1, 0.15) is 0 Å². The summed E-state index contributed by atoms with van der Waals surface area (Å²) in [6.07, 6.45) is 1.12. The number of para-hydroxylation sites is 1. The lowest BCUT2D eigenvalue weighted by atomic mass is 10.3. The molecule has 0 spiro atoms. The number of rotatable bonds is 1. The quantitative estimate of drug-likeness (QED) is 0.675. The van der Waals surface area contributed by atoms with Gasteiger partial charge in [-0.15, -0.1) is 0 Å². The van der Waals surface area contributed by atoms with E-state index in [0.717, 1.165) is 10.8 Å². The molecule has 1 aromatic carbocycles. The first-order chi connectivity index (χ1) is 8.82. The van der Waals surface area contributed by atoms with Gasteiger partial charge in [0.15, 0.2) is 0 Å². The molecule has 0 radical (unpaired) electrons. The molecular formula is C12H11NO. The molecule has 2 rings (SSSR count). The van der Waals surface area contributed by atoms with E-state index in [-0.39, 0.29) is 5.56 Å². The predicted molar refractivity (Wildman–Crippen MR) is 56.8 cm³/mol. The molecule has 0 atom stereocenters. The van der Waals surface area contributed by atoms with E-state index in [1.165, 1.54) is 0 Å².